The first-order valence-corrected chi connectivity index (χ1v) is 7.72. The van der Waals surface area contributed by atoms with Crippen molar-refractivity contribution in [2.24, 2.45) is 17.6 Å². The van der Waals surface area contributed by atoms with Crippen molar-refractivity contribution in [2.75, 3.05) is 13.1 Å². The molecule has 2 heteroatoms. The van der Waals surface area contributed by atoms with Crippen LogP contribution < -0.4 is 5.73 Å². The number of rotatable bonds is 4. The van der Waals surface area contributed by atoms with E-state index >= 15 is 0 Å². The van der Waals surface area contributed by atoms with Crippen molar-refractivity contribution in [2.45, 2.75) is 70.9 Å². The predicted octanol–water partition coefficient (Wildman–Crippen LogP) is 3.01. The lowest BCUT2D eigenvalue weighted by molar-refractivity contribution is 0.0559. The van der Waals surface area contributed by atoms with Gasteiger partial charge in [0.2, 0.25) is 0 Å². The molecular formula is C15H30N2. The second-order valence-electron chi connectivity index (χ2n) is 6.25. The highest BCUT2D eigenvalue weighted by molar-refractivity contribution is 4.90. The fraction of sp³-hybridized carbons (Fsp3) is 1.00. The molecule has 2 N–H and O–H groups in total. The number of nitrogens with zero attached hydrogens (tertiary/aromatic N) is 1. The summed E-state index contributed by atoms with van der Waals surface area (Å²) >= 11 is 0. The van der Waals surface area contributed by atoms with Crippen molar-refractivity contribution in [3.8, 4) is 0 Å². The van der Waals surface area contributed by atoms with Crippen LogP contribution in [0, 0.1) is 11.8 Å². The van der Waals surface area contributed by atoms with E-state index in [0.717, 1.165) is 30.5 Å². The van der Waals surface area contributed by atoms with Crippen LogP contribution in [0.15, 0.2) is 0 Å². The second kappa shape index (κ2) is 6.19. The van der Waals surface area contributed by atoms with Gasteiger partial charge in [-0.1, -0.05) is 33.1 Å². The molecule has 3 atom stereocenters. The van der Waals surface area contributed by atoms with E-state index in [-0.39, 0.29) is 0 Å². The van der Waals surface area contributed by atoms with Crippen LogP contribution in [-0.4, -0.2) is 30.1 Å². The third kappa shape index (κ3) is 3.03. The SMILES string of the molecule is CCN(C1CCCC1)C1CC(C)CCC1CN. The molecule has 0 aromatic heterocycles. The van der Waals surface area contributed by atoms with Crippen LogP contribution >= 0.6 is 0 Å². The van der Waals surface area contributed by atoms with Gasteiger partial charge in [0.05, 0.1) is 0 Å². The zero-order valence-corrected chi connectivity index (χ0v) is 11.7. The number of nitrogens with two attached hydrogens (primary N) is 1. The summed E-state index contributed by atoms with van der Waals surface area (Å²) in [5.74, 6) is 1.66. The maximum absolute atomic E-state index is 6.00. The Morgan fingerprint density at radius 2 is 1.82 bits per heavy atom. The lowest BCUT2D eigenvalue weighted by Crippen LogP contribution is -2.50. The molecule has 2 saturated carbocycles. The molecule has 0 aromatic carbocycles. The third-order valence-electron chi connectivity index (χ3n) is 5.11. The van der Waals surface area contributed by atoms with Crippen molar-refractivity contribution in [3.63, 3.8) is 0 Å². The molecule has 17 heavy (non-hydrogen) atoms. The molecule has 3 unspecified atom stereocenters. The normalized spacial score (nSPS) is 35.6. The summed E-state index contributed by atoms with van der Waals surface area (Å²) in [5.41, 5.74) is 6.00. The van der Waals surface area contributed by atoms with Crippen LogP contribution in [-0.2, 0) is 0 Å². The highest BCUT2D eigenvalue weighted by atomic mass is 15.2. The molecule has 0 radical (unpaired) electrons. The molecule has 0 aliphatic heterocycles. The zero-order chi connectivity index (χ0) is 12.3. The van der Waals surface area contributed by atoms with Crippen LogP contribution in [0.2, 0.25) is 0 Å². The summed E-state index contributed by atoms with van der Waals surface area (Å²) < 4.78 is 0. The van der Waals surface area contributed by atoms with Crippen LogP contribution in [0.25, 0.3) is 0 Å². The van der Waals surface area contributed by atoms with Gasteiger partial charge in [0.25, 0.3) is 0 Å². The van der Waals surface area contributed by atoms with Crippen LogP contribution in [0.1, 0.15) is 58.8 Å². The molecule has 0 spiro atoms. The largest absolute Gasteiger partial charge is 0.330 e. The molecule has 2 aliphatic rings. The maximum Gasteiger partial charge on any atom is 0.0141 e. The van der Waals surface area contributed by atoms with Gasteiger partial charge < -0.3 is 5.73 Å². The van der Waals surface area contributed by atoms with Crippen LogP contribution in [0.5, 0.6) is 0 Å². The van der Waals surface area contributed by atoms with E-state index in [4.69, 9.17) is 5.73 Å². The van der Waals surface area contributed by atoms with Crippen LogP contribution in [0.3, 0.4) is 0 Å². The van der Waals surface area contributed by atoms with E-state index in [1.807, 2.05) is 0 Å². The highest BCUT2D eigenvalue weighted by Crippen LogP contribution is 2.35. The molecule has 0 aromatic rings. The summed E-state index contributed by atoms with van der Waals surface area (Å²) in [6.07, 6.45) is 9.86. The Kier molecular flexibility index (Phi) is 4.87. The van der Waals surface area contributed by atoms with Crippen molar-refractivity contribution >= 4 is 0 Å². The summed E-state index contributed by atoms with van der Waals surface area (Å²) in [6, 6.07) is 1.64. The van der Waals surface area contributed by atoms with Gasteiger partial charge in [-0.05, 0) is 50.6 Å². The minimum atomic E-state index is 0.756. The summed E-state index contributed by atoms with van der Waals surface area (Å²) in [4.78, 5) is 2.81. The number of hydrogen-bond donors (Lipinski definition) is 1. The van der Waals surface area contributed by atoms with Gasteiger partial charge in [0.1, 0.15) is 0 Å². The predicted molar refractivity (Wildman–Crippen MR) is 74.0 cm³/mol. The Bertz CT molecular complexity index is 223. The molecule has 0 amide bonds. The molecule has 2 rings (SSSR count). The Hall–Kier alpha value is -0.0800. The fourth-order valence-electron chi connectivity index (χ4n) is 4.09. The third-order valence-corrected chi connectivity index (χ3v) is 5.11. The quantitative estimate of drug-likeness (QED) is 0.816. The van der Waals surface area contributed by atoms with Crippen molar-refractivity contribution in [1.82, 2.24) is 4.90 Å². The van der Waals surface area contributed by atoms with Crippen molar-refractivity contribution < 1.29 is 0 Å². The summed E-state index contributed by atoms with van der Waals surface area (Å²) in [7, 11) is 0. The first-order valence-electron chi connectivity index (χ1n) is 7.72. The first kappa shape index (κ1) is 13.4. The van der Waals surface area contributed by atoms with E-state index in [1.165, 1.54) is 51.5 Å². The lowest BCUT2D eigenvalue weighted by Gasteiger charge is -2.44. The van der Waals surface area contributed by atoms with E-state index in [2.05, 4.69) is 18.7 Å². The first-order chi connectivity index (χ1) is 8.26. The monoisotopic (exact) mass is 238 g/mol. The van der Waals surface area contributed by atoms with Gasteiger partial charge in [0.15, 0.2) is 0 Å². The van der Waals surface area contributed by atoms with E-state index in [0.29, 0.717) is 0 Å². The van der Waals surface area contributed by atoms with Crippen molar-refractivity contribution in [1.29, 1.82) is 0 Å². The van der Waals surface area contributed by atoms with Crippen molar-refractivity contribution in [3.05, 3.63) is 0 Å². The molecule has 100 valence electrons. The minimum Gasteiger partial charge on any atom is -0.330 e. The minimum absolute atomic E-state index is 0.756. The van der Waals surface area contributed by atoms with Gasteiger partial charge in [-0.25, -0.2) is 0 Å². The Morgan fingerprint density at radius 3 is 2.41 bits per heavy atom. The molecule has 0 saturated heterocycles. The highest BCUT2D eigenvalue weighted by Gasteiger charge is 2.35. The average Bonchev–Trinajstić information content (AvgIpc) is 2.84. The smallest absolute Gasteiger partial charge is 0.0141 e. The van der Waals surface area contributed by atoms with E-state index < -0.39 is 0 Å². The Morgan fingerprint density at radius 1 is 1.12 bits per heavy atom. The molecule has 2 nitrogen and oxygen atoms in total. The molecule has 2 fully saturated rings. The molecule has 0 heterocycles. The van der Waals surface area contributed by atoms with Crippen LogP contribution in [0.4, 0.5) is 0 Å². The second-order valence-corrected chi connectivity index (χ2v) is 6.25. The van der Waals surface area contributed by atoms with E-state index in [9.17, 15) is 0 Å². The van der Waals surface area contributed by atoms with Gasteiger partial charge in [-0.2, -0.15) is 0 Å². The summed E-state index contributed by atoms with van der Waals surface area (Å²) in [6.45, 7) is 6.87. The zero-order valence-electron chi connectivity index (χ0n) is 11.7. The van der Waals surface area contributed by atoms with Gasteiger partial charge in [-0.15, -0.1) is 0 Å². The maximum atomic E-state index is 6.00. The fourth-order valence-corrected chi connectivity index (χ4v) is 4.09. The molecular weight excluding hydrogens is 208 g/mol. The Labute approximate surface area is 107 Å². The Balaban J connectivity index is 2.03. The average molecular weight is 238 g/mol. The standard InChI is InChI=1S/C15H30N2/c1-3-17(14-6-4-5-7-14)15-10-12(2)8-9-13(15)11-16/h12-15H,3-11,16H2,1-2H3. The van der Waals surface area contributed by atoms with Gasteiger partial charge in [-0.3, -0.25) is 4.90 Å². The molecule has 0 bridgehead atoms. The topological polar surface area (TPSA) is 29.3 Å². The lowest BCUT2D eigenvalue weighted by atomic mass is 9.77. The summed E-state index contributed by atoms with van der Waals surface area (Å²) in [5, 5.41) is 0. The van der Waals surface area contributed by atoms with Gasteiger partial charge in [0, 0.05) is 12.1 Å². The van der Waals surface area contributed by atoms with Gasteiger partial charge >= 0.3 is 0 Å². The van der Waals surface area contributed by atoms with E-state index in [1.54, 1.807) is 0 Å². The number of hydrogen-bond acceptors (Lipinski definition) is 2. The molecule has 2 aliphatic carbocycles.